The van der Waals surface area contributed by atoms with Crippen LogP contribution in [0.3, 0.4) is 0 Å². The summed E-state index contributed by atoms with van der Waals surface area (Å²) in [5, 5.41) is 11.6. The van der Waals surface area contributed by atoms with Crippen molar-refractivity contribution in [2.24, 2.45) is 13.0 Å². The molecule has 0 amide bonds. The molecule has 0 bridgehead atoms. The summed E-state index contributed by atoms with van der Waals surface area (Å²) in [6.07, 6.45) is 2.63. The Morgan fingerprint density at radius 3 is 2.54 bits per heavy atom. The van der Waals surface area contributed by atoms with E-state index in [-0.39, 0.29) is 0 Å². The third-order valence-electron chi connectivity index (χ3n) is 2.81. The molecular formula is C9H16N4. The third kappa shape index (κ3) is 1.46. The van der Waals surface area contributed by atoms with Crippen molar-refractivity contribution >= 4 is 0 Å². The Morgan fingerprint density at radius 1 is 1.46 bits per heavy atom. The highest BCUT2D eigenvalue weighted by Gasteiger charge is 2.34. The fourth-order valence-electron chi connectivity index (χ4n) is 1.70. The molecule has 1 heterocycles. The van der Waals surface area contributed by atoms with Crippen molar-refractivity contribution in [1.29, 1.82) is 0 Å². The van der Waals surface area contributed by atoms with Gasteiger partial charge in [-0.05, 0) is 32.7 Å². The highest BCUT2D eigenvalue weighted by molar-refractivity contribution is 5.04. The minimum absolute atomic E-state index is 0.395. The van der Waals surface area contributed by atoms with Crippen LogP contribution < -0.4 is 5.32 Å². The van der Waals surface area contributed by atoms with Crippen molar-refractivity contribution in [2.45, 2.75) is 25.8 Å². The van der Waals surface area contributed by atoms with Gasteiger partial charge in [0.05, 0.1) is 6.04 Å². The number of rotatable bonds is 3. The Kier molecular flexibility index (Phi) is 2.07. The maximum Gasteiger partial charge on any atom is 0.150 e. The summed E-state index contributed by atoms with van der Waals surface area (Å²) in [5.74, 6) is 2.82. The van der Waals surface area contributed by atoms with E-state index in [0.29, 0.717) is 6.04 Å². The molecule has 0 saturated heterocycles. The first-order valence-electron chi connectivity index (χ1n) is 4.77. The maximum absolute atomic E-state index is 4.20. The normalized spacial score (nSPS) is 19.0. The van der Waals surface area contributed by atoms with E-state index in [1.807, 2.05) is 21.0 Å². The molecule has 1 atom stereocenters. The first-order valence-corrected chi connectivity index (χ1v) is 4.77. The standard InChI is InChI=1S/C9H16N4/c1-6-11-12-9(13(6)3)8(10-2)7-4-5-7/h7-8,10H,4-5H2,1-3H3. The summed E-state index contributed by atoms with van der Waals surface area (Å²) in [6.45, 7) is 1.98. The van der Waals surface area contributed by atoms with E-state index < -0.39 is 0 Å². The summed E-state index contributed by atoms with van der Waals surface area (Å²) < 4.78 is 2.07. The molecule has 4 nitrogen and oxygen atoms in total. The Hall–Kier alpha value is -0.900. The van der Waals surface area contributed by atoms with Crippen LogP contribution in [0.2, 0.25) is 0 Å². The molecule has 1 fully saturated rings. The van der Waals surface area contributed by atoms with E-state index >= 15 is 0 Å². The molecule has 72 valence electrons. The summed E-state index contributed by atoms with van der Waals surface area (Å²) in [5.41, 5.74) is 0. The summed E-state index contributed by atoms with van der Waals surface area (Å²) in [6, 6.07) is 0.395. The van der Waals surface area contributed by atoms with Crippen molar-refractivity contribution in [3.05, 3.63) is 11.6 Å². The number of nitrogens with zero attached hydrogens (tertiary/aromatic N) is 3. The van der Waals surface area contributed by atoms with Gasteiger partial charge in [0.15, 0.2) is 0 Å². The lowest BCUT2D eigenvalue weighted by Crippen LogP contribution is -2.22. The number of nitrogens with one attached hydrogen (secondary N) is 1. The molecule has 1 aromatic rings. The van der Waals surface area contributed by atoms with Crippen LogP contribution >= 0.6 is 0 Å². The molecule has 0 aliphatic heterocycles. The maximum atomic E-state index is 4.20. The van der Waals surface area contributed by atoms with E-state index in [0.717, 1.165) is 17.6 Å². The van der Waals surface area contributed by atoms with Gasteiger partial charge >= 0.3 is 0 Å². The lowest BCUT2D eigenvalue weighted by atomic mass is 10.2. The van der Waals surface area contributed by atoms with Crippen LogP contribution in [0.25, 0.3) is 0 Å². The molecule has 1 aliphatic carbocycles. The van der Waals surface area contributed by atoms with Gasteiger partial charge in [-0.2, -0.15) is 0 Å². The van der Waals surface area contributed by atoms with Crippen LogP contribution in [0.5, 0.6) is 0 Å². The fourth-order valence-corrected chi connectivity index (χ4v) is 1.70. The molecular weight excluding hydrogens is 164 g/mol. The SMILES string of the molecule is CNC(c1nnc(C)n1C)C1CC1. The Bertz CT molecular complexity index is 301. The zero-order valence-corrected chi connectivity index (χ0v) is 8.41. The Labute approximate surface area is 78.4 Å². The number of aromatic nitrogens is 3. The summed E-state index contributed by atoms with van der Waals surface area (Å²) in [7, 11) is 4.02. The molecule has 0 spiro atoms. The van der Waals surface area contributed by atoms with Crippen LogP contribution in [0.15, 0.2) is 0 Å². The second kappa shape index (κ2) is 3.10. The topological polar surface area (TPSA) is 42.7 Å². The second-order valence-electron chi connectivity index (χ2n) is 3.77. The molecule has 2 rings (SSSR count). The monoisotopic (exact) mass is 180 g/mol. The van der Waals surface area contributed by atoms with E-state index in [1.54, 1.807) is 0 Å². The van der Waals surface area contributed by atoms with Crippen LogP contribution in [0.4, 0.5) is 0 Å². The highest BCUT2D eigenvalue weighted by Crippen LogP contribution is 2.39. The molecule has 1 aliphatic rings. The van der Waals surface area contributed by atoms with Crippen LogP contribution in [-0.2, 0) is 7.05 Å². The van der Waals surface area contributed by atoms with Crippen molar-refractivity contribution < 1.29 is 0 Å². The molecule has 1 aromatic heterocycles. The van der Waals surface area contributed by atoms with Gasteiger partial charge in [-0.25, -0.2) is 0 Å². The van der Waals surface area contributed by atoms with Crippen LogP contribution in [0, 0.1) is 12.8 Å². The van der Waals surface area contributed by atoms with Crippen molar-refractivity contribution in [2.75, 3.05) is 7.05 Å². The molecule has 0 radical (unpaired) electrons. The Balaban J connectivity index is 2.26. The van der Waals surface area contributed by atoms with Crippen LogP contribution in [-0.4, -0.2) is 21.8 Å². The minimum Gasteiger partial charge on any atom is -0.317 e. The average Bonchev–Trinajstić information content (AvgIpc) is 2.89. The predicted molar refractivity (Wildman–Crippen MR) is 50.3 cm³/mol. The van der Waals surface area contributed by atoms with Gasteiger partial charge in [-0.1, -0.05) is 0 Å². The Morgan fingerprint density at radius 2 is 2.15 bits per heavy atom. The molecule has 1 saturated carbocycles. The lowest BCUT2D eigenvalue weighted by molar-refractivity contribution is 0.483. The van der Waals surface area contributed by atoms with Gasteiger partial charge in [0, 0.05) is 7.05 Å². The molecule has 1 unspecified atom stereocenters. The molecule has 0 aromatic carbocycles. The van der Waals surface area contributed by atoms with E-state index in [9.17, 15) is 0 Å². The zero-order chi connectivity index (χ0) is 9.42. The minimum atomic E-state index is 0.395. The number of aryl methyl sites for hydroxylation is 1. The average molecular weight is 180 g/mol. The van der Waals surface area contributed by atoms with E-state index in [2.05, 4.69) is 20.1 Å². The second-order valence-corrected chi connectivity index (χ2v) is 3.77. The smallest absolute Gasteiger partial charge is 0.150 e. The quantitative estimate of drug-likeness (QED) is 0.748. The van der Waals surface area contributed by atoms with Crippen molar-refractivity contribution in [3.63, 3.8) is 0 Å². The summed E-state index contributed by atoms with van der Waals surface area (Å²) in [4.78, 5) is 0. The van der Waals surface area contributed by atoms with Crippen molar-refractivity contribution in [3.8, 4) is 0 Å². The van der Waals surface area contributed by atoms with Gasteiger partial charge in [0.25, 0.3) is 0 Å². The number of hydrogen-bond donors (Lipinski definition) is 1. The first-order chi connectivity index (χ1) is 6.24. The fraction of sp³-hybridized carbons (Fsp3) is 0.778. The number of hydrogen-bond acceptors (Lipinski definition) is 3. The molecule has 13 heavy (non-hydrogen) atoms. The van der Waals surface area contributed by atoms with E-state index in [1.165, 1.54) is 12.8 Å². The van der Waals surface area contributed by atoms with Gasteiger partial charge < -0.3 is 9.88 Å². The first kappa shape index (κ1) is 8.69. The van der Waals surface area contributed by atoms with E-state index in [4.69, 9.17) is 0 Å². The summed E-state index contributed by atoms with van der Waals surface area (Å²) >= 11 is 0. The molecule has 1 N–H and O–H groups in total. The zero-order valence-electron chi connectivity index (χ0n) is 8.41. The van der Waals surface area contributed by atoms with Gasteiger partial charge in [0.1, 0.15) is 11.6 Å². The van der Waals surface area contributed by atoms with Crippen molar-refractivity contribution in [1.82, 2.24) is 20.1 Å². The third-order valence-corrected chi connectivity index (χ3v) is 2.81. The highest BCUT2D eigenvalue weighted by atomic mass is 15.3. The van der Waals surface area contributed by atoms with Gasteiger partial charge in [0.2, 0.25) is 0 Å². The largest absolute Gasteiger partial charge is 0.317 e. The predicted octanol–water partition coefficient (Wildman–Crippen LogP) is 0.794. The van der Waals surface area contributed by atoms with Crippen LogP contribution in [0.1, 0.15) is 30.5 Å². The lowest BCUT2D eigenvalue weighted by Gasteiger charge is -2.13. The van der Waals surface area contributed by atoms with Gasteiger partial charge in [-0.3, -0.25) is 0 Å². The molecule has 4 heteroatoms. The van der Waals surface area contributed by atoms with Gasteiger partial charge in [-0.15, -0.1) is 10.2 Å².